The van der Waals surface area contributed by atoms with Gasteiger partial charge in [0.15, 0.2) is 0 Å². The highest BCUT2D eigenvalue weighted by Gasteiger charge is 2.33. The number of aromatic hydroxyl groups is 1. The van der Waals surface area contributed by atoms with E-state index in [-0.39, 0.29) is 26.2 Å². The first-order valence-electron chi connectivity index (χ1n) is 8.03. The Morgan fingerprint density at radius 1 is 1.34 bits per heavy atom. The fourth-order valence-corrected chi connectivity index (χ4v) is 3.69. The maximum Gasteiger partial charge on any atom is 0.273 e. The van der Waals surface area contributed by atoms with E-state index in [4.69, 9.17) is 12.2 Å². The van der Waals surface area contributed by atoms with Crippen LogP contribution in [-0.4, -0.2) is 37.6 Å². The Labute approximate surface area is 173 Å². The summed E-state index contributed by atoms with van der Waals surface area (Å²) in [6, 6.07) is 9.10. The van der Waals surface area contributed by atoms with Crippen LogP contribution < -0.4 is 5.32 Å². The van der Waals surface area contributed by atoms with Crippen LogP contribution in [0.25, 0.3) is 6.08 Å². The zero-order valence-electron chi connectivity index (χ0n) is 14.5. The van der Waals surface area contributed by atoms with E-state index in [9.17, 15) is 29.2 Å². The molecule has 0 radical (unpaired) electrons. The van der Waals surface area contributed by atoms with Gasteiger partial charge in [-0.25, -0.2) is 4.39 Å². The van der Waals surface area contributed by atoms with Crippen LogP contribution in [0.2, 0.25) is 0 Å². The molecule has 0 bridgehead atoms. The van der Waals surface area contributed by atoms with E-state index in [2.05, 4.69) is 5.32 Å². The highest BCUT2D eigenvalue weighted by Crippen LogP contribution is 2.33. The first-order chi connectivity index (χ1) is 13.8. The quantitative estimate of drug-likeness (QED) is 0.245. The molecule has 0 spiro atoms. The van der Waals surface area contributed by atoms with Crippen molar-refractivity contribution in [1.82, 2.24) is 4.90 Å². The second kappa shape index (κ2) is 8.37. The maximum atomic E-state index is 13.8. The Morgan fingerprint density at radius 2 is 2.07 bits per heavy atom. The highest BCUT2D eigenvalue weighted by atomic mass is 32.2. The molecule has 11 heteroatoms. The van der Waals surface area contributed by atoms with Crippen molar-refractivity contribution in [2.24, 2.45) is 0 Å². The van der Waals surface area contributed by atoms with Crippen LogP contribution in [0.3, 0.4) is 0 Å². The van der Waals surface area contributed by atoms with Crippen LogP contribution in [0, 0.1) is 15.9 Å². The van der Waals surface area contributed by atoms with E-state index < -0.39 is 34.8 Å². The fraction of sp³-hybridized carbons (Fsp3) is 0.0556. The number of phenolic OH excluding ortho intramolecular Hbond substituents is 1. The fourth-order valence-electron chi connectivity index (χ4n) is 2.44. The number of nitro benzene ring substituents is 1. The van der Waals surface area contributed by atoms with Crippen molar-refractivity contribution in [3.8, 4) is 5.75 Å². The summed E-state index contributed by atoms with van der Waals surface area (Å²) in [5, 5.41) is 22.9. The molecule has 2 aromatic rings. The number of hydrogen-bond donors (Lipinski definition) is 2. The van der Waals surface area contributed by atoms with E-state index in [1.54, 1.807) is 6.07 Å². The van der Waals surface area contributed by atoms with Gasteiger partial charge in [0.1, 0.15) is 22.4 Å². The number of halogens is 1. The number of nitrogens with zero attached hydrogens (tertiary/aromatic N) is 2. The monoisotopic (exact) mass is 433 g/mol. The summed E-state index contributed by atoms with van der Waals surface area (Å²) >= 11 is 6.07. The molecular weight excluding hydrogens is 421 g/mol. The summed E-state index contributed by atoms with van der Waals surface area (Å²) in [6.07, 6.45) is 1.36. The number of nitro groups is 1. The Kier molecular flexibility index (Phi) is 5.89. The highest BCUT2D eigenvalue weighted by molar-refractivity contribution is 8.26. The Morgan fingerprint density at radius 3 is 2.72 bits per heavy atom. The van der Waals surface area contributed by atoms with E-state index in [1.807, 2.05) is 0 Å². The van der Waals surface area contributed by atoms with Gasteiger partial charge in [0, 0.05) is 11.6 Å². The summed E-state index contributed by atoms with van der Waals surface area (Å²) < 4.78 is 13.9. The molecule has 29 heavy (non-hydrogen) atoms. The summed E-state index contributed by atoms with van der Waals surface area (Å²) in [6.45, 7) is -0.435. The summed E-state index contributed by atoms with van der Waals surface area (Å²) in [4.78, 5) is 36.0. The summed E-state index contributed by atoms with van der Waals surface area (Å²) in [5.74, 6) is -2.20. The minimum atomic E-state index is -0.687. The van der Waals surface area contributed by atoms with Gasteiger partial charge in [-0.15, -0.1) is 0 Å². The van der Waals surface area contributed by atoms with Gasteiger partial charge in [-0.3, -0.25) is 24.6 Å². The lowest BCUT2D eigenvalue weighted by atomic mass is 10.2. The Bertz CT molecular complexity index is 1070. The molecule has 1 aliphatic rings. The van der Waals surface area contributed by atoms with Crippen LogP contribution in [0.4, 0.5) is 15.8 Å². The molecule has 2 N–H and O–H groups in total. The molecule has 1 fully saturated rings. The molecule has 1 saturated heterocycles. The van der Waals surface area contributed by atoms with Crippen molar-refractivity contribution in [1.29, 1.82) is 0 Å². The van der Waals surface area contributed by atoms with Gasteiger partial charge in [-0.1, -0.05) is 42.2 Å². The first-order valence-corrected chi connectivity index (χ1v) is 9.26. The lowest BCUT2D eigenvalue weighted by Crippen LogP contribution is -2.36. The SMILES string of the molecule is O=C(CN1C(=O)/C(=C/c2ccccc2F)SC1=S)Nc1ccc([N+](=O)[O-])cc1O. The van der Waals surface area contributed by atoms with Crippen molar-refractivity contribution in [2.45, 2.75) is 0 Å². The molecule has 2 aromatic carbocycles. The van der Waals surface area contributed by atoms with Crippen molar-refractivity contribution in [3.63, 3.8) is 0 Å². The van der Waals surface area contributed by atoms with Crippen LogP contribution in [0.5, 0.6) is 5.75 Å². The molecule has 3 rings (SSSR count). The first kappa shape index (κ1) is 20.4. The number of phenols is 1. The third kappa shape index (κ3) is 4.58. The molecule has 0 atom stereocenters. The number of carbonyl (C=O) groups is 2. The van der Waals surface area contributed by atoms with Crippen LogP contribution in [-0.2, 0) is 9.59 Å². The average Bonchev–Trinajstić information content (AvgIpc) is 2.92. The van der Waals surface area contributed by atoms with Gasteiger partial charge in [-0.05, 0) is 18.2 Å². The largest absolute Gasteiger partial charge is 0.506 e. The third-order valence-electron chi connectivity index (χ3n) is 3.83. The van der Waals surface area contributed by atoms with E-state index in [1.165, 1.54) is 30.3 Å². The molecule has 1 heterocycles. The predicted molar refractivity (Wildman–Crippen MR) is 110 cm³/mol. The second-order valence-corrected chi connectivity index (χ2v) is 7.47. The lowest BCUT2D eigenvalue weighted by molar-refractivity contribution is -0.384. The number of carbonyl (C=O) groups excluding carboxylic acids is 2. The molecule has 1 aliphatic heterocycles. The molecule has 0 aromatic heterocycles. The van der Waals surface area contributed by atoms with Crippen molar-refractivity contribution in [2.75, 3.05) is 11.9 Å². The summed E-state index contributed by atoms with van der Waals surface area (Å²) in [7, 11) is 0. The lowest BCUT2D eigenvalue weighted by Gasteiger charge is -2.14. The molecule has 8 nitrogen and oxygen atoms in total. The van der Waals surface area contributed by atoms with Crippen molar-refractivity contribution < 1.29 is 24.0 Å². The molecule has 0 aliphatic carbocycles. The van der Waals surface area contributed by atoms with Gasteiger partial charge in [0.05, 0.1) is 21.6 Å². The van der Waals surface area contributed by atoms with E-state index in [0.29, 0.717) is 0 Å². The molecule has 0 saturated carbocycles. The van der Waals surface area contributed by atoms with E-state index >= 15 is 0 Å². The Hall–Kier alpha value is -3.31. The number of nitrogens with one attached hydrogen (secondary N) is 1. The van der Waals surface area contributed by atoms with E-state index in [0.717, 1.165) is 28.8 Å². The number of amides is 2. The molecule has 2 amide bonds. The van der Waals surface area contributed by atoms with Crippen molar-refractivity contribution >= 4 is 57.6 Å². The number of rotatable bonds is 5. The molecule has 0 unspecified atom stereocenters. The standard InChI is InChI=1S/C18H12FN3O5S2/c19-12-4-2-1-3-10(12)7-15-17(25)21(18(28)29-15)9-16(24)20-13-6-5-11(22(26)27)8-14(13)23/h1-8,23H,9H2,(H,20,24)/b15-7-. The van der Waals surface area contributed by atoms with Crippen molar-refractivity contribution in [3.05, 3.63) is 68.9 Å². The zero-order chi connectivity index (χ0) is 21.1. The molecular formula is C18H12FN3O5S2. The number of anilines is 1. The minimum absolute atomic E-state index is 0.0482. The zero-order valence-corrected chi connectivity index (χ0v) is 16.1. The average molecular weight is 433 g/mol. The predicted octanol–water partition coefficient (Wildman–Crippen LogP) is 3.28. The smallest absolute Gasteiger partial charge is 0.273 e. The minimum Gasteiger partial charge on any atom is -0.506 e. The third-order valence-corrected chi connectivity index (χ3v) is 5.21. The van der Waals surface area contributed by atoms with Gasteiger partial charge < -0.3 is 10.4 Å². The van der Waals surface area contributed by atoms with Crippen LogP contribution >= 0.6 is 24.0 Å². The topological polar surface area (TPSA) is 113 Å². The number of thiocarbonyl (C=S) groups is 1. The number of non-ortho nitro benzene ring substituents is 1. The normalized spacial score (nSPS) is 15.1. The van der Waals surface area contributed by atoms with Gasteiger partial charge in [-0.2, -0.15) is 0 Å². The molecule has 148 valence electrons. The van der Waals surface area contributed by atoms with Gasteiger partial charge >= 0.3 is 0 Å². The summed E-state index contributed by atoms with van der Waals surface area (Å²) in [5.41, 5.74) is -0.170. The Balaban J connectivity index is 1.71. The second-order valence-electron chi connectivity index (χ2n) is 5.80. The number of thioether (sulfide) groups is 1. The van der Waals surface area contributed by atoms with Gasteiger partial charge in [0.2, 0.25) is 5.91 Å². The maximum absolute atomic E-state index is 13.8. The number of hydrogen-bond acceptors (Lipinski definition) is 7. The van der Waals surface area contributed by atoms with Crippen LogP contribution in [0.1, 0.15) is 5.56 Å². The van der Waals surface area contributed by atoms with Gasteiger partial charge in [0.25, 0.3) is 11.6 Å². The van der Waals surface area contributed by atoms with Crippen LogP contribution in [0.15, 0.2) is 47.4 Å². The number of benzene rings is 2.